The molecule has 0 saturated carbocycles. The summed E-state index contributed by atoms with van der Waals surface area (Å²) < 4.78 is 5.69. The molecule has 1 aromatic rings. The van der Waals surface area contributed by atoms with Crippen LogP contribution in [0, 0.1) is 13.8 Å². The van der Waals surface area contributed by atoms with Crippen LogP contribution in [0.4, 0.5) is 0 Å². The largest absolute Gasteiger partial charge is 0.375 e. The molecular formula is C16H23NO2. The molecular weight excluding hydrogens is 238 g/mol. The lowest BCUT2D eigenvalue weighted by Crippen LogP contribution is -2.45. The van der Waals surface area contributed by atoms with Crippen LogP contribution >= 0.6 is 0 Å². The molecule has 0 N–H and O–H groups in total. The maximum Gasteiger partial charge on any atom is 0.254 e. The van der Waals surface area contributed by atoms with Crippen LogP contribution in [0.2, 0.25) is 0 Å². The highest BCUT2D eigenvalue weighted by Gasteiger charge is 2.25. The Bertz CT molecular complexity index is 454. The molecule has 3 heteroatoms. The van der Waals surface area contributed by atoms with Gasteiger partial charge in [-0.1, -0.05) is 31.0 Å². The Kier molecular flexibility index (Phi) is 4.59. The molecule has 2 rings (SSSR count). The second kappa shape index (κ2) is 6.20. The van der Waals surface area contributed by atoms with Crippen molar-refractivity contribution in [1.82, 2.24) is 4.90 Å². The standard InChI is InChI=1S/C16H23NO2/c1-4-5-14-11-17(8-9-19-14)16(18)15-7-6-12(2)10-13(15)3/h6-7,10,14H,4-5,8-9,11H2,1-3H3/t14-/m0/s1. The van der Waals surface area contributed by atoms with Crippen LogP contribution < -0.4 is 0 Å². The van der Waals surface area contributed by atoms with E-state index in [-0.39, 0.29) is 12.0 Å². The average molecular weight is 261 g/mol. The molecule has 0 aromatic heterocycles. The number of benzene rings is 1. The van der Waals surface area contributed by atoms with Crippen LogP contribution in [-0.2, 0) is 4.74 Å². The molecule has 0 bridgehead atoms. The van der Waals surface area contributed by atoms with Crippen LogP contribution in [0.15, 0.2) is 18.2 Å². The predicted octanol–water partition coefficient (Wildman–Crippen LogP) is 2.94. The van der Waals surface area contributed by atoms with Crippen LogP contribution in [0.25, 0.3) is 0 Å². The van der Waals surface area contributed by atoms with Crippen molar-refractivity contribution >= 4 is 5.91 Å². The first kappa shape index (κ1) is 14.1. The quantitative estimate of drug-likeness (QED) is 0.837. The molecule has 1 saturated heterocycles. The number of morpholine rings is 1. The van der Waals surface area contributed by atoms with Crippen molar-refractivity contribution in [2.45, 2.75) is 39.7 Å². The van der Waals surface area contributed by atoms with Crippen molar-refractivity contribution in [3.8, 4) is 0 Å². The number of nitrogens with zero attached hydrogens (tertiary/aromatic N) is 1. The summed E-state index contributed by atoms with van der Waals surface area (Å²) >= 11 is 0. The fraction of sp³-hybridized carbons (Fsp3) is 0.562. The van der Waals surface area contributed by atoms with Gasteiger partial charge in [-0.2, -0.15) is 0 Å². The monoisotopic (exact) mass is 261 g/mol. The van der Waals surface area contributed by atoms with E-state index in [0.717, 1.165) is 30.5 Å². The van der Waals surface area contributed by atoms with Gasteiger partial charge < -0.3 is 9.64 Å². The molecule has 1 amide bonds. The average Bonchev–Trinajstić information content (AvgIpc) is 2.39. The second-order valence-electron chi connectivity index (χ2n) is 5.35. The van der Waals surface area contributed by atoms with Gasteiger partial charge in [0.25, 0.3) is 5.91 Å². The Morgan fingerprint density at radius 2 is 2.21 bits per heavy atom. The molecule has 0 radical (unpaired) electrons. The third-order valence-electron chi connectivity index (χ3n) is 3.65. The maximum atomic E-state index is 12.6. The molecule has 104 valence electrons. The van der Waals surface area contributed by atoms with Gasteiger partial charge in [0, 0.05) is 18.7 Å². The molecule has 0 spiro atoms. The van der Waals surface area contributed by atoms with E-state index in [2.05, 4.69) is 13.0 Å². The van der Waals surface area contributed by atoms with Crippen LogP contribution in [-0.4, -0.2) is 36.6 Å². The van der Waals surface area contributed by atoms with Gasteiger partial charge in [0.1, 0.15) is 0 Å². The number of hydrogen-bond donors (Lipinski definition) is 0. The summed E-state index contributed by atoms with van der Waals surface area (Å²) in [6.45, 7) is 8.28. The first-order chi connectivity index (χ1) is 9.11. The summed E-state index contributed by atoms with van der Waals surface area (Å²) in [5.41, 5.74) is 3.08. The number of aryl methyl sites for hydroxylation is 2. The van der Waals surface area contributed by atoms with Crippen molar-refractivity contribution in [3.05, 3.63) is 34.9 Å². The van der Waals surface area contributed by atoms with Crippen molar-refractivity contribution < 1.29 is 9.53 Å². The summed E-state index contributed by atoms with van der Waals surface area (Å²) in [6.07, 6.45) is 2.32. The molecule has 1 aromatic carbocycles. The van der Waals surface area contributed by atoms with E-state index in [0.29, 0.717) is 13.2 Å². The van der Waals surface area contributed by atoms with Gasteiger partial charge in [0.2, 0.25) is 0 Å². The molecule has 1 heterocycles. The zero-order chi connectivity index (χ0) is 13.8. The van der Waals surface area contributed by atoms with E-state index < -0.39 is 0 Å². The number of carbonyl (C=O) groups excluding carboxylic acids is 1. The fourth-order valence-corrected chi connectivity index (χ4v) is 2.62. The Morgan fingerprint density at radius 1 is 1.42 bits per heavy atom. The summed E-state index contributed by atoms with van der Waals surface area (Å²) in [5, 5.41) is 0. The Hall–Kier alpha value is -1.35. The number of ether oxygens (including phenoxy) is 1. The van der Waals surface area contributed by atoms with Crippen molar-refractivity contribution in [1.29, 1.82) is 0 Å². The fourth-order valence-electron chi connectivity index (χ4n) is 2.62. The lowest BCUT2D eigenvalue weighted by Gasteiger charge is -2.33. The number of rotatable bonds is 3. The summed E-state index contributed by atoms with van der Waals surface area (Å²) in [6, 6.07) is 6.01. The highest BCUT2D eigenvalue weighted by molar-refractivity contribution is 5.95. The zero-order valence-electron chi connectivity index (χ0n) is 12.1. The van der Waals surface area contributed by atoms with E-state index in [1.807, 2.05) is 30.9 Å². The summed E-state index contributed by atoms with van der Waals surface area (Å²) in [5.74, 6) is 0.141. The lowest BCUT2D eigenvalue weighted by atomic mass is 10.0. The SMILES string of the molecule is CCC[C@H]1CN(C(=O)c2ccc(C)cc2C)CCO1. The Balaban J connectivity index is 2.10. The first-order valence-electron chi connectivity index (χ1n) is 7.10. The smallest absolute Gasteiger partial charge is 0.254 e. The minimum atomic E-state index is 0.141. The van der Waals surface area contributed by atoms with Gasteiger partial charge in [-0.3, -0.25) is 4.79 Å². The Labute approximate surface area is 115 Å². The molecule has 1 aliphatic rings. The highest BCUT2D eigenvalue weighted by Crippen LogP contribution is 2.17. The topological polar surface area (TPSA) is 29.5 Å². The van der Waals surface area contributed by atoms with Gasteiger partial charge in [0.05, 0.1) is 12.7 Å². The van der Waals surface area contributed by atoms with E-state index in [4.69, 9.17) is 4.74 Å². The van der Waals surface area contributed by atoms with Crippen molar-refractivity contribution in [3.63, 3.8) is 0 Å². The lowest BCUT2D eigenvalue weighted by molar-refractivity contribution is -0.0250. The van der Waals surface area contributed by atoms with Crippen LogP contribution in [0.1, 0.15) is 41.3 Å². The molecule has 1 atom stereocenters. The van der Waals surface area contributed by atoms with Crippen LogP contribution in [0.5, 0.6) is 0 Å². The van der Waals surface area contributed by atoms with Gasteiger partial charge in [-0.15, -0.1) is 0 Å². The molecule has 1 aliphatic heterocycles. The minimum absolute atomic E-state index is 0.141. The molecule has 1 fully saturated rings. The van der Waals surface area contributed by atoms with Crippen molar-refractivity contribution in [2.24, 2.45) is 0 Å². The highest BCUT2D eigenvalue weighted by atomic mass is 16.5. The number of carbonyl (C=O) groups is 1. The third kappa shape index (κ3) is 3.35. The number of hydrogen-bond acceptors (Lipinski definition) is 2. The van der Waals surface area contributed by atoms with Crippen molar-refractivity contribution in [2.75, 3.05) is 19.7 Å². The van der Waals surface area contributed by atoms with E-state index >= 15 is 0 Å². The third-order valence-corrected chi connectivity index (χ3v) is 3.65. The zero-order valence-corrected chi connectivity index (χ0v) is 12.1. The predicted molar refractivity (Wildman–Crippen MR) is 76.5 cm³/mol. The van der Waals surface area contributed by atoms with Gasteiger partial charge in [-0.05, 0) is 31.9 Å². The minimum Gasteiger partial charge on any atom is -0.375 e. The van der Waals surface area contributed by atoms with Gasteiger partial charge >= 0.3 is 0 Å². The second-order valence-corrected chi connectivity index (χ2v) is 5.35. The summed E-state index contributed by atoms with van der Waals surface area (Å²) in [7, 11) is 0. The van der Waals surface area contributed by atoms with E-state index in [1.54, 1.807) is 0 Å². The molecule has 0 unspecified atom stereocenters. The van der Waals surface area contributed by atoms with Gasteiger partial charge in [0.15, 0.2) is 0 Å². The molecule has 19 heavy (non-hydrogen) atoms. The number of amides is 1. The van der Waals surface area contributed by atoms with E-state index in [1.165, 1.54) is 5.56 Å². The van der Waals surface area contributed by atoms with Gasteiger partial charge in [-0.25, -0.2) is 0 Å². The van der Waals surface area contributed by atoms with E-state index in [9.17, 15) is 4.79 Å². The summed E-state index contributed by atoms with van der Waals surface area (Å²) in [4.78, 5) is 14.5. The molecule has 3 nitrogen and oxygen atoms in total. The normalized spacial score (nSPS) is 19.5. The first-order valence-corrected chi connectivity index (χ1v) is 7.10. The Morgan fingerprint density at radius 3 is 2.89 bits per heavy atom. The molecule has 0 aliphatic carbocycles. The maximum absolute atomic E-state index is 12.6. The van der Waals surface area contributed by atoms with Crippen LogP contribution in [0.3, 0.4) is 0 Å².